The fourth-order valence-corrected chi connectivity index (χ4v) is 4.83. The summed E-state index contributed by atoms with van der Waals surface area (Å²) in [6, 6.07) is 4.13. The van der Waals surface area contributed by atoms with Gasteiger partial charge in [-0.05, 0) is 50.0 Å². The normalized spacial score (nSPS) is 18.1. The van der Waals surface area contributed by atoms with Gasteiger partial charge in [0.25, 0.3) is 5.91 Å². The molecule has 1 unspecified atom stereocenters. The molecule has 1 aromatic carbocycles. The summed E-state index contributed by atoms with van der Waals surface area (Å²) in [5, 5.41) is 3.56. The van der Waals surface area contributed by atoms with Crippen molar-refractivity contribution in [3.63, 3.8) is 0 Å². The van der Waals surface area contributed by atoms with Crippen molar-refractivity contribution in [3.05, 3.63) is 40.4 Å². The highest BCUT2D eigenvalue weighted by atomic mass is 35.5. The van der Waals surface area contributed by atoms with Crippen molar-refractivity contribution in [3.8, 4) is 11.4 Å². The first kappa shape index (κ1) is 24.7. The summed E-state index contributed by atoms with van der Waals surface area (Å²) in [6.07, 6.45) is 2.26. The lowest BCUT2D eigenvalue weighted by molar-refractivity contribution is -0.128. The lowest BCUT2D eigenvalue weighted by atomic mass is 9.86. The predicted molar refractivity (Wildman–Crippen MR) is 130 cm³/mol. The third-order valence-electron chi connectivity index (χ3n) is 6.72. The molecule has 3 heterocycles. The Morgan fingerprint density at radius 3 is 2.68 bits per heavy atom. The summed E-state index contributed by atoms with van der Waals surface area (Å²) in [5.41, 5.74) is 1.07. The predicted octanol–water partition coefficient (Wildman–Crippen LogP) is 3.95. The molecule has 9 heteroatoms. The first-order chi connectivity index (χ1) is 16.0. The van der Waals surface area contributed by atoms with Gasteiger partial charge in [-0.15, -0.1) is 0 Å². The van der Waals surface area contributed by atoms with Crippen molar-refractivity contribution < 1.29 is 14.0 Å². The van der Waals surface area contributed by atoms with Crippen LogP contribution >= 0.6 is 11.6 Å². The number of halogens is 2. The van der Waals surface area contributed by atoms with Crippen LogP contribution in [0.1, 0.15) is 56.2 Å². The molecule has 7 nitrogen and oxygen atoms in total. The maximum atomic E-state index is 14.8. The van der Waals surface area contributed by atoms with Gasteiger partial charge in [0.2, 0.25) is 5.91 Å². The van der Waals surface area contributed by atoms with Gasteiger partial charge in [0.05, 0.1) is 17.3 Å². The molecule has 4 rings (SSSR count). The van der Waals surface area contributed by atoms with E-state index in [1.807, 2.05) is 37.3 Å². The van der Waals surface area contributed by atoms with E-state index in [0.29, 0.717) is 49.1 Å². The average Bonchev–Trinajstić information content (AvgIpc) is 3.26. The summed E-state index contributed by atoms with van der Waals surface area (Å²) < 4.78 is 16.7. The lowest BCUT2D eigenvalue weighted by Crippen LogP contribution is -2.51. The Balaban J connectivity index is 1.71. The van der Waals surface area contributed by atoms with Gasteiger partial charge in [-0.1, -0.05) is 32.4 Å². The van der Waals surface area contributed by atoms with Crippen molar-refractivity contribution in [1.29, 1.82) is 0 Å². The van der Waals surface area contributed by atoms with E-state index in [1.54, 1.807) is 6.07 Å². The minimum absolute atomic E-state index is 0.125. The number of hydrogen-bond donors (Lipinski definition) is 1. The molecule has 2 aliphatic heterocycles. The minimum atomic E-state index is -0.429. The molecule has 1 saturated heterocycles. The van der Waals surface area contributed by atoms with Crippen LogP contribution in [0, 0.1) is 11.2 Å². The van der Waals surface area contributed by atoms with Crippen LogP contribution in [0.4, 0.5) is 4.39 Å². The second-order valence-corrected chi connectivity index (χ2v) is 10.9. The van der Waals surface area contributed by atoms with Crippen LogP contribution in [0.5, 0.6) is 0 Å². The zero-order chi connectivity index (χ0) is 24.6. The van der Waals surface area contributed by atoms with E-state index in [2.05, 4.69) is 15.2 Å². The van der Waals surface area contributed by atoms with E-state index in [4.69, 9.17) is 11.6 Å². The number of imidazole rings is 1. The number of hydrogen-bond acceptors (Lipinski definition) is 4. The Bertz CT molecular complexity index is 1090. The minimum Gasteiger partial charge on any atom is -0.346 e. The molecule has 0 aliphatic carbocycles. The van der Waals surface area contributed by atoms with E-state index < -0.39 is 5.82 Å². The molecule has 184 valence electrons. The standard InChI is InChI=1S/C25H33ClFN5O2/c1-25(2,3)20(15-31-11-5-7-21(31)33)28-24(34)22-19-14-30(4)10-6-12-32(19)23(29-22)17-13-16(26)8-9-18(17)27/h8-9,13,20H,5-7,10-12,14-15H2,1-4H3,(H,28,34). The van der Waals surface area contributed by atoms with Gasteiger partial charge >= 0.3 is 0 Å². The summed E-state index contributed by atoms with van der Waals surface area (Å²) in [6.45, 7) is 9.34. The number of nitrogens with zero attached hydrogens (tertiary/aromatic N) is 4. The van der Waals surface area contributed by atoms with Gasteiger partial charge in [-0.25, -0.2) is 9.37 Å². The summed E-state index contributed by atoms with van der Waals surface area (Å²) in [4.78, 5) is 34.5. The largest absolute Gasteiger partial charge is 0.346 e. The lowest BCUT2D eigenvalue weighted by Gasteiger charge is -2.34. The van der Waals surface area contributed by atoms with Crippen LogP contribution in [-0.2, 0) is 17.9 Å². The quantitative estimate of drug-likeness (QED) is 0.690. The molecular weight excluding hydrogens is 457 g/mol. The van der Waals surface area contributed by atoms with Crippen molar-refractivity contribution in [1.82, 2.24) is 24.7 Å². The SMILES string of the molecule is CN1CCCn2c(-c3cc(Cl)ccc3F)nc(C(=O)NC(CN3CCCC3=O)C(C)(C)C)c2C1. The first-order valence-electron chi connectivity index (χ1n) is 11.9. The molecule has 1 fully saturated rings. The van der Waals surface area contributed by atoms with Crippen LogP contribution in [0.25, 0.3) is 11.4 Å². The molecule has 34 heavy (non-hydrogen) atoms. The second kappa shape index (κ2) is 9.66. The van der Waals surface area contributed by atoms with Crippen LogP contribution in [-0.4, -0.2) is 63.9 Å². The van der Waals surface area contributed by atoms with E-state index in [-0.39, 0.29) is 28.8 Å². The number of likely N-dealkylation sites (tertiary alicyclic amines) is 1. The Kier molecular flexibility index (Phi) is 7.01. The van der Waals surface area contributed by atoms with Crippen molar-refractivity contribution in [2.24, 2.45) is 5.41 Å². The number of carbonyl (C=O) groups excluding carboxylic acids is 2. The average molecular weight is 490 g/mol. The van der Waals surface area contributed by atoms with E-state index in [9.17, 15) is 14.0 Å². The number of rotatable bonds is 5. The van der Waals surface area contributed by atoms with Gasteiger partial charge in [0.15, 0.2) is 5.69 Å². The Labute approximate surface area is 205 Å². The van der Waals surface area contributed by atoms with Gasteiger partial charge in [-0.2, -0.15) is 0 Å². The van der Waals surface area contributed by atoms with Gasteiger partial charge in [0.1, 0.15) is 11.6 Å². The molecule has 0 spiro atoms. The molecule has 1 atom stereocenters. The highest BCUT2D eigenvalue weighted by Gasteiger charge is 2.34. The van der Waals surface area contributed by atoms with E-state index in [1.165, 1.54) is 12.1 Å². The Morgan fingerprint density at radius 2 is 2.00 bits per heavy atom. The maximum Gasteiger partial charge on any atom is 0.272 e. The number of aromatic nitrogens is 2. The topological polar surface area (TPSA) is 70.5 Å². The summed E-state index contributed by atoms with van der Waals surface area (Å²) >= 11 is 6.16. The van der Waals surface area contributed by atoms with Crippen molar-refractivity contribution in [2.45, 2.75) is 59.2 Å². The van der Waals surface area contributed by atoms with Crippen LogP contribution in [0.15, 0.2) is 18.2 Å². The number of amides is 2. The fourth-order valence-electron chi connectivity index (χ4n) is 4.66. The smallest absolute Gasteiger partial charge is 0.272 e. The molecule has 0 radical (unpaired) electrons. The highest BCUT2D eigenvalue weighted by molar-refractivity contribution is 6.30. The fraction of sp³-hybridized carbons (Fsp3) is 0.560. The summed E-state index contributed by atoms with van der Waals surface area (Å²) in [5.74, 6) is -0.196. The molecular formula is C25H33ClFN5O2. The van der Waals surface area contributed by atoms with Crippen LogP contribution < -0.4 is 5.32 Å². The summed E-state index contributed by atoms with van der Waals surface area (Å²) in [7, 11) is 2.00. The number of benzene rings is 1. The highest BCUT2D eigenvalue weighted by Crippen LogP contribution is 2.30. The molecule has 0 saturated carbocycles. The first-order valence-corrected chi connectivity index (χ1v) is 12.2. The second-order valence-electron chi connectivity index (χ2n) is 10.4. The monoisotopic (exact) mass is 489 g/mol. The molecule has 1 N–H and O–H groups in total. The molecule has 2 amide bonds. The third kappa shape index (κ3) is 5.13. The van der Waals surface area contributed by atoms with Crippen LogP contribution in [0.2, 0.25) is 5.02 Å². The third-order valence-corrected chi connectivity index (χ3v) is 6.96. The van der Waals surface area contributed by atoms with E-state index >= 15 is 0 Å². The number of nitrogens with one attached hydrogen (secondary N) is 1. The Morgan fingerprint density at radius 1 is 1.24 bits per heavy atom. The number of carbonyl (C=O) groups is 2. The van der Waals surface area contributed by atoms with Crippen molar-refractivity contribution in [2.75, 3.05) is 26.7 Å². The number of fused-ring (bicyclic) bond motifs is 1. The van der Waals surface area contributed by atoms with Crippen LogP contribution in [0.3, 0.4) is 0 Å². The van der Waals surface area contributed by atoms with Gasteiger partial charge in [0, 0.05) is 37.6 Å². The van der Waals surface area contributed by atoms with Gasteiger partial charge in [-0.3, -0.25) is 9.59 Å². The zero-order valence-electron chi connectivity index (χ0n) is 20.3. The molecule has 1 aromatic heterocycles. The van der Waals surface area contributed by atoms with E-state index in [0.717, 1.165) is 25.1 Å². The molecule has 0 bridgehead atoms. The molecule has 2 aliphatic rings. The maximum absolute atomic E-state index is 14.8. The zero-order valence-corrected chi connectivity index (χ0v) is 21.1. The van der Waals surface area contributed by atoms with Gasteiger partial charge < -0.3 is 19.7 Å². The van der Waals surface area contributed by atoms with Crippen molar-refractivity contribution >= 4 is 23.4 Å². The molecule has 2 aromatic rings. The Hall–Kier alpha value is -2.45.